The van der Waals surface area contributed by atoms with Crippen LogP contribution in [0.15, 0.2) is 21.9 Å². The highest BCUT2D eigenvalue weighted by Crippen LogP contribution is 2.44. The topological polar surface area (TPSA) is 171 Å². The van der Waals surface area contributed by atoms with Crippen molar-refractivity contribution in [3.63, 3.8) is 0 Å². The molecule has 1 aromatic rings. The van der Waals surface area contributed by atoms with Crippen molar-refractivity contribution < 1.29 is 33.8 Å². The zero-order chi connectivity index (χ0) is 15.8. The molecule has 0 saturated carbocycles. The van der Waals surface area contributed by atoms with Gasteiger partial charge in [-0.05, 0) is 0 Å². The molecule has 0 aliphatic carbocycles. The number of nitrogens with one attached hydrogen (secondary N) is 1. The van der Waals surface area contributed by atoms with Crippen LogP contribution in [-0.4, -0.2) is 54.5 Å². The maximum atomic E-state index is 11.7. The third-order valence-corrected chi connectivity index (χ3v) is 3.40. The molecule has 21 heavy (non-hydrogen) atoms. The second-order valence-electron chi connectivity index (χ2n) is 4.32. The number of aromatic amines is 1. The van der Waals surface area contributed by atoms with Gasteiger partial charge in [-0.15, -0.1) is 0 Å². The zero-order valence-corrected chi connectivity index (χ0v) is 11.3. The summed E-state index contributed by atoms with van der Waals surface area (Å²) in [6.07, 6.45) is -4.79. The van der Waals surface area contributed by atoms with Gasteiger partial charge in [0.1, 0.15) is 18.3 Å². The minimum absolute atomic E-state index is 0.656. The Labute approximate surface area is 116 Å². The van der Waals surface area contributed by atoms with Gasteiger partial charge < -0.3 is 24.7 Å². The van der Waals surface area contributed by atoms with Crippen LogP contribution in [-0.2, 0) is 13.8 Å². The number of hydrogen-bond donors (Lipinski definition) is 5. The van der Waals surface area contributed by atoms with Gasteiger partial charge in [0.25, 0.3) is 5.56 Å². The molecule has 5 N–H and O–H groups in total. The second-order valence-corrected chi connectivity index (χ2v) is 5.51. The van der Waals surface area contributed by atoms with Crippen LogP contribution in [0.3, 0.4) is 0 Å². The minimum Gasteiger partial charge on any atom is -0.394 e. The molecule has 118 valence electrons. The van der Waals surface area contributed by atoms with Crippen molar-refractivity contribution in [2.75, 3.05) is 6.61 Å². The maximum absolute atomic E-state index is 11.7. The van der Waals surface area contributed by atoms with E-state index in [1.165, 1.54) is 0 Å². The van der Waals surface area contributed by atoms with Crippen LogP contribution in [0.4, 0.5) is 0 Å². The highest BCUT2D eigenvalue weighted by molar-refractivity contribution is 7.46. The molecule has 1 unspecified atom stereocenters. The summed E-state index contributed by atoms with van der Waals surface area (Å²) in [6.45, 7) is -0.656. The summed E-state index contributed by atoms with van der Waals surface area (Å²) in [6, 6.07) is 0.984. The van der Waals surface area contributed by atoms with E-state index in [1.54, 1.807) is 0 Å². The van der Waals surface area contributed by atoms with Crippen molar-refractivity contribution in [2.45, 2.75) is 24.5 Å². The van der Waals surface area contributed by atoms with Gasteiger partial charge in [0, 0.05) is 12.3 Å². The molecule has 11 nitrogen and oxygen atoms in total. The molecule has 1 saturated heterocycles. The fourth-order valence-electron chi connectivity index (χ4n) is 1.99. The van der Waals surface area contributed by atoms with Crippen molar-refractivity contribution in [1.82, 2.24) is 9.55 Å². The quantitative estimate of drug-likeness (QED) is 0.368. The summed E-state index contributed by atoms with van der Waals surface area (Å²) in [4.78, 5) is 42.3. The van der Waals surface area contributed by atoms with Gasteiger partial charge in [0.15, 0.2) is 6.23 Å². The zero-order valence-electron chi connectivity index (χ0n) is 10.4. The Morgan fingerprint density at radius 2 is 2.10 bits per heavy atom. The average Bonchev–Trinajstić information content (AvgIpc) is 2.65. The number of hydrogen-bond acceptors (Lipinski definition) is 7. The molecular weight excluding hydrogens is 311 g/mol. The molecule has 1 aliphatic heterocycles. The number of H-pyrrole nitrogens is 1. The first-order chi connectivity index (χ1) is 9.73. The molecule has 4 atom stereocenters. The monoisotopic (exact) mass is 324 g/mol. The molecule has 1 aromatic heterocycles. The van der Waals surface area contributed by atoms with E-state index in [1.807, 2.05) is 4.98 Å². The summed E-state index contributed by atoms with van der Waals surface area (Å²) >= 11 is 0. The summed E-state index contributed by atoms with van der Waals surface area (Å²) < 4.78 is 21.3. The second kappa shape index (κ2) is 5.81. The largest absolute Gasteiger partial charge is 0.470 e. The van der Waals surface area contributed by atoms with E-state index >= 15 is 0 Å². The third kappa shape index (κ3) is 3.47. The van der Waals surface area contributed by atoms with Gasteiger partial charge in [0.05, 0.1) is 6.61 Å². The van der Waals surface area contributed by atoms with Gasteiger partial charge in [0.2, 0.25) is 0 Å². The molecule has 12 heteroatoms. The molecule has 0 spiro atoms. The number of aliphatic hydroxyl groups is 2. The molecule has 0 bridgehead atoms. The van der Waals surface area contributed by atoms with Crippen molar-refractivity contribution in [3.05, 3.63) is 33.1 Å². The molecule has 0 aromatic carbocycles. The average molecular weight is 324 g/mol. The van der Waals surface area contributed by atoms with E-state index in [0.29, 0.717) is 0 Å². The Bertz CT molecular complexity index is 664. The van der Waals surface area contributed by atoms with Crippen molar-refractivity contribution in [1.29, 1.82) is 0 Å². The van der Waals surface area contributed by atoms with Crippen molar-refractivity contribution in [2.24, 2.45) is 0 Å². The Kier molecular flexibility index (Phi) is 4.44. The van der Waals surface area contributed by atoms with E-state index in [4.69, 9.17) is 19.6 Å². The molecule has 1 fully saturated rings. The Hall–Kier alpha value is -1.33. The van der Waals surface area contributed by atoms with Crippen molar-refractivity contribution >= 4 is 7.82 Å². The van der Waals surface area contributed by atoms with E-state index in [-0.39, 0.29) is 0 Å². The van der Waals surface area contributed by atoms with Gasteiger partial charge in [-0.2, -0.15) is 0 Å². The lowest BCUT2D eigenvalue weighted by Gasteiger charge is -2.22. The number of aromatic nitrogens is 2. The van der Waals surface area contributed by atoms with Gasteiger partial charge >= 0.3 is 13.5 Å². The fraction of sp³-hybridized carbons (Fsp3) is 0.556. The Morgan fingerprint density at radius 1 is 1.43 bits per heavy atom. The van der Waals surface area contributed by atoms with Crippen LogP contribution in [0.2, 0.25) is 0 Å². The highest BCUT2D eigenvalue weighted by atomic mass is 31.2. The molecule has 0 radical (unpaired) electrons. The van der Waals surface area contributed by atoms with E-state index in [9.17, 15) is 19.3 Å². The highest BCUT2D eigenvalue weighted by Gasteiger charge is 2.48. The lowest BCUT2D eigenvalue weighted by molar-refractivity contribution is -0.0544. The van der Waals surface area contributed by atoms with Crippen LogP contribution in [0.25, 0.3) is 0 Å². The molecule has 1 aliphatic rings. The van der Waals surface area contributed by atoms with Crippen LogP contribution in [0.5, 0.6) is 0 Å². The standard InChI is InChI=1S/C9H13N2O9P/c12-3-4-6(14)7(20-21(16,17)18)8(19-4)11-2-1-5(13)10-9(11)15/h1-2,4,6-8,12,14H,3H2,(H,10,13,15)(H2,16,17,18)/t4-,6+,7?,8-/m1/s1. The van der Waals surface area contributed by atoms with Crippen LogP contribution >= 0.6 is 7.82 Å². The molecule has 2 rings (SSSR count). The smallest absolute Gasteiger partial charge is 0.394 e. The SMILES string of the molecule is O=c1ccn([C@@H]2O[C@H](CO)[C@H](O)C2OP(=O)(O)O)c(=O)[nH]1. The van der Waals surface area contributed by atoms with Crippen molar-refractivity contribution in [3.8, 4) is 0 Å². The lowest BCUT2D eigenvalue weighted by atomic mass is 10.1. The summed E-state index contributed by atoms with van der Waals surface area (Å²) in [5, 5.41) is 18.9. The first-order valence-corrected chi connectivity index (χ1v) is 7.26. The first-order valence-electron chi connectivity index (χ1n) is 5.73. The van der Waals surface area contributed by atoms with E-state index < -0.39 is 50.2 Å². The third-order valence-electron chi connectivity index (χ3n) is 2.88. The van der Waals surface area contributed by atoms with Crippen LogP contribution < -0.4 is 11.2 Å². The number of nitrogens with zero attached hydrogens (tertiary/aromatic N) is 1. The number of aliphatic hydroxyl groups excluding tert-OH is 2. The Morgan fingerprint density at radius 3 is 2.62 bits per heavy atom. The van der Waals surface area contributed by atoms with Gasteiger partial charge in [-0.25, -0.2) is 9.36 Å². The van der Waals surface area contributed by atoms with Crippen LogP contribution in [0, 0.1) is 0 Å². The Balaban J connectivity index is 2.41. The van der Waals surface area contributed by atoms with E-state index in [2.05, 4.69) is 4.52 Å². The summed E-state index contributed by atoms with van der Waals surface area (Å²) in [7, 11) is -4.98. The predicted octanol–water partition coefficient (Wildman–Crippen LogP) is -2.73. The number of ether oxygens (including phenoxy) is 1. The molecule has 2 heterocycles. The minimum atomic E-state index is -4.98. The van der Waals surface area contributed by atoms with Crippen LogP contribution in [0.1, 0.15) is 6.23 Å². The summed E-state index contributed by atoms with van der Waals surface area (Å²) in [5.41, 5.74) is -1.60. The van der Waals surface area contributed by atoms with E-state index in [0.717, 1.165) is 16.8 Å². The fourth-order valence-corrected chi connectivity index (χ4v) is 2.54. The number of phosphoric ester groups is 1. The molecule has 0 amide bonds. The predicted molar refractivity (Wildman–Crippen MR) is 65.2 cm³/mol. The molecular formula is C9H13N2O9P. The van der Waals surface area contributed by atoms with Gasteiger partial charge in [-0.1, -0.05) is 0 Å². The normalized spacial score (nSPS) is 29.7. The maximum Gasteiger partial charge on any atom is 0.470 e. The first kappa shape index (κ1) is 16.0. The summed E-state index contributed by atoms with van der Waals surface area (Å²) in [5.74, 6) is 0. The lowest BCUT2D eigenvalue weighted by Crippen LogP contribution is -2.38. The number of phosphoric acid groups is 1. The number of rotatable bonds is 4. The van der Waals surface area contributed by atoms with Gasteiger partial charge in [-0.3, -0.25) is 18.9 Å².